The van der Waals surface area contributed by atoms with Gasteiger partial charge in [0.25, 0.3) is 0 Å². The second kappa shape index (κ2) is 4.98. The SMILES string of the molecule is Cc1nn(C)c(Nc2ccc(S(C)(=O)=O)cc2)c1C#N. The van der Waals surface area contributed by atoms with Gasteiger partial charge in [-0.2, -0.15) is 10.4 Å². The van der Waals surface area contributed by atoms with Crippen LogP contribution in [0.1, 0.15) is 11.3 Å². The van der Waals surface area contributed by atoms with Gasteiger partial charge in [0, 0.05) is 19.0 Å². The molecule has 0 radical (unpaired) electrons. The molecule has 0 aliphatic carbocycles. The van der Waals surface area contributed by atoms with E-state index in [0.717, 1.165) is 6.26 Å². The third-order valence-electron chi connectivity index (χ3n) is 2.88. The number of aromatic nitrogens is 2. The van der Waals surface area contributed by atoms with Crippen LogP contribution in [0.4, 0.5) is 11.5 Å². The minimum absolute atomic E-state index is 0.254. The first-order chi connectivity index (χ1) is 9.32. The highest BCUT2D eigenvalue weighted by Gasteiger charge is 2.13. The van der Waals surface area contributed by atoms with Crippen molar-refractivity contribution in [2.24, 2.45) is 7.05 Å². The van der Waals surface area contributed by atoms with E-state index in [1.165, 1.54) is 12.1 Å². The normalized spacial score (nSPS) is 11.1. The molecule has 6 nitrogen and oxygen atoms in total. The zero-order valence-electron chi connectivity index (χ0n) is 11.4. The maximum Gasteiger partial charge on any atom is 0.175 e. The molecule has 0 bridgehead atoms. The van der Waals surface area contributed by atoms with Gasteiger partial charge in [-0.25, -0.2) is 8.42 Å². The summed E-state index contributed by atoms with van der Waals surface area (Å²) in [6.07, 6.45) is 1.16. The van der Waals surface area contributed by atoms with Crippen molar-refractivity contribution in [3.8, 4) is 6.07 Å². The van der Waals surface area contributed by atoms with Gasteiger partial charge in [0.15, 0.2) is 9.84 Å². The van der Waals surface area contributed by atoms with E-state index in [4.69, 9.17) is 5.26 Å². The van der Waals surface area contributed by atoms with Gasteiger partial charge in [0.1, 0.15) is 17.5 Å². The molecule has 7 heteroatoms. The molecule has 0 aliphatic rings. The van der Waals surface area contributed by atoms with Crippen molar-refractivity contribution in [3.63, 3.8) is 0 Å². The van der Waals surface area contributed by atoms with Gasteiger partial charge < -0.3 is 5.32 Å². The summed E-state index contributed by atoms with van der Waals surface area (Å²) in [5, 5.41) is 16.4. The number of hydrogen-bond donors (Lipinski definition) is 1. The molecule has 20 heavy (non-hydrogen) atoms. The summed E-state index contributed by atoms with van der Waals surface area (Å²) in [6.45, 7) is 1.76. The fourth-order valence-corrected chi connectivity index (χ4v) is 2.49. The van der Waals surface area contributed by atoms with Gasteiger partial charge in [0.2, 0.25) is 0 Å². The Kier molecular flexibility index (Phi) is 3.51. The van der Waals surface area contributed by atoms with Gasteiger partial charge >= 0.3 is 0 Å². The third kappa shape index (κ3) is 2.65. The number of nitriles is 1. The first-order valence-corrected chi connectivity index (χ1v) is 7.73. The minimum Gasteiger partial charge on any atom is -0.339 e. The van der Waals surface area contributed by atoms with Gasteiger partial charge in [-0.15, -0.1) is 0 Å². The molecule has 1 heterocycles. The topological polar surface area (TPSA) is 87.8 Å². The molecular formula is C13H14N4O2S. The molecule has 2 aromatic rings. The molecule has 0 saturated heterocycles. The van der Waals surface area contributed by atoms with Crippen LogP contribution in [-0.2, 0) is 16.9 Å². The van der Waals surface area contributed by atoms with E-state index in [1.807, 2.05) is 0 Å². The lowest BCUT2D eigenvalue weighted by atomic mass is 10.2. The lowest BCUT2D eigenvalue weighted by molar-refractivity contribution is 0.602. The molecular weight excluding hydrogens is 276 g/mol. The molecule has 0 aliphatic heterocycles. The van der Waals surface area contributed by atoms with E-state index in [2.05, 4.69) is 16.5 Å². The predicted octanol–water partition coefficient (Wildman–Crippen LogP) is 1.75. The van der Waals surface area contributed by atoms with Gasteiger partial charge in [0.05, 0.1) is 10.6 Å². The molecule has 0 saturated carbocycles. The predicted molar refractivity (Wildman–Crippen MR) is 75.5 cm³/mol. The van der Waals surface area contributed by atoms with Crippen molar-refractivity contribution in [3.05, 3.63) is 35.5 Å². The number of anilines is 2. The number of sulfone groups is 1. The van der Waals surface area contributed by atoms with E-state index in [9.17, 15) is 8.42 Å². The minimum atomic E-state index is -3.21. The maximum atomic E-state index is 11.4. The second-order valence-corrected chi connectivity index (χ2v) is 6.48. The Morgan fingerprint density at radius 1 is 1.30 bits per heavy atom. The van der Waals surface area contributed by atoms with Crippen LogP contribution in [0.25, 0.3) is 0 Å². The number of hydrogen-bond acceptors (Lipinski definition) is 5. The Bertz CT molecular complexity index is 783. The number of aryl methyl sites for hydroxylation is 2. The van der Waals surface area contributed by atoms with Crippen LogP contribution >= 0.6 is 0 Å². The second-order valence-electron chi connectivity index (χ2n) is 4.47. The Balaban J connectivity index is 2.35. The van der Waals surface area contributed by atoms with Crippen LogP contribution in [0.15, 0.2) is 29.2 Å². The molecule has 0 amide bonds. The first-order valence-electron chi connectivity index (χ1n) is 5.84. The fourth-order valence-electron chi connectivity index (χ4n) is 1.86. The number of benzene rings is 1. The molecule has 0 fully saturated rings. The lowest BCUT2D eigenvalue weighted by Gasteiger charge is -2.07. The highest BCUT2D eigenvalue weighted by Crippen LogP contribution is 2.23. The zero-order valence-corrected chi connectivity index (χ0v) is 12.2. The average Bonchev–Trinajstić information content (AvgIpc) is 2.63. The summed E-state index contributed by atoms with van der Waals surface area (Å²) in [5.41, 5.74) is 1.81. The van der Waals surface area contributed by atoms with Crippen molar-refractivity contribution in [2.75, 3.05) is 11.6 Å². The monoisotopic (exact) mass is 290 g/mol. The van der Waals surface area contributed by atoms with Crippen LogP contribution in [0.2, 0.25) is 0 Å². The van der Waals surface area contributed by atoms with Crippen LogP contribution in [0, 0.1) is 18.3 Å². The summed E-state index contributed by atoms with van der Waals surface area (Å²) >= 11 is 0. The van der Waals surface area contributed by atoms with E-state index < -0.39 is 9.84 Å². The van der Waals surface area contributed by atoms with E-state index >= 15 is 0 Å². The maximum absolute atomic E-state index is 11.4. The average molecular weight is 290 g/mol. The molecule has 104 valence electrons. The molecule has 2 rings (SSSR count). The van der Waals surface area contributed by atoms with Crippen LogP contribution in [0.3, 0.4) is 0 Å². The summed E-state index contributed by atoms with van der Waals surface area (Å²) in [7, 11) is -1.47. The van der Waals surface area contributed by atoms with Crippen molar-refractivity contribution >= 4 is 21.3 Å². The summed E-state index contributed by atoms with van der Waals surface area (Å²) < 4.78 is 24.3. The molecule has 1 N–H and O–H groups in total. The third-order valence-corrected chi connectivity index (χ3v) is 4.01. The number of nitrogens with one attached hydrogen (secondary N) is 1. The fraction of sp³-hybridized carbons (Fsp3) is 0.231. The van der Waals surface area contributed by atoms with Crippen molar-refractivity contribution in [1.82, 2.24) is 9.78 Å². The van der Waals surface area contributed by atoms with Crippen molar-refractivity contribution in [1.29, 1.82) is 5.26 Å². The Labute approximate surface area is 117 Å². The first kappa shape index (κ1) is 14.1. The Morgan fingerprint density at radius 3 is 2.40 bits per heavy atom. The summed E-state index contributed by atoms with van der Waals surface area (Å²) in [6, 6.07) is 8.45. The molecule has 1 aromatic heterocycles. The van der Waals surface area contributed by atoms with Crippen molar-refractivity contribution < 1.29 is 8.42 Å². The standard InChI is InChI=1S/C13H14N4O2S/c1-9-12(8-14)13(17(2)16-9)15-10-4-6-11(7-5-10)20(3,18)19/h4-7,15H,1-3H3. The summed E-state index contributed by atoms with van der Waals surface area (Å²) in [5.74, 6) is 0.581. The van der Waals surface area contributed by atoms with Gasteiger partial charge in [-0.3, -0.25) is 4.68 Å². The van der Waals surface area contributed by atoms with Crippen molar-refractivity contribution in [2.45, 2.75) is 11.8 Å². The van der Waals surface area contributed by atoms with Gasteiger partial charge in [-0.1, -0.05) is 0 Å². The van der Waals surface area contributed by atoms with E-state index in [1.54, 1.807) is 30.8 Å². The van der Waals surface area contributed by atoms with Crippen LogP contribution in [0.5, 0.6) is 0 Å². The quantitative estimate of drug-likeness (QED) is 0.930. The van der Waals surface area contributed by atoms with Crippen LogP contribution < -0.4 is 5.32 Å². The molecule has 0 unspecified atom stereocenters. The zero-order chi connectivity index (χ0) is 14.9. The number of nitrogens with zero attached hydrogens (tertiary/aromatic N) is 3. The van der Waals surface area contributed by atoms with E-state index in [-0.39, 0.29) is 4.90 Å². The lowest BCUT2D eigenvalue weighted by Crippen LogP contribution is -2.01. The molecule has 1 aromatic carbocycles. The number of rotatable bonds is 3. The Hall–Kier alpha value is -2.33. The van der Waals surface area contributed by atoms with E-state index in [0.29, 0.717) is 22.8 Å². The van der Waals surface area contributed by atoms with Crippen LogP contribution in [-0.4, -0.2) is 24.5 Å². The molecule has 0 atom stereocenters. The van der Waals surface area contributed by atoms with Gasteiger partial charge in [-0.05, 0) is 31.2 Å². The smallest absolute Gasteiger partial charge is 0.175 e. The summed E-state index contributed by atoms with van der Waals surface area (Å²) in [4.78, 5) is 0.254. The Morgan fingerprint density at radius 2 is 1.90 bits per heavy atom. The molecule has 0 spiro atoms. The highest BCUT2D eigenvalue weighted by molar-refractivity contribution is 7.90. The largest absolute Gasteiger partial charge is 0.339 e. The highest BCUT2D eigenvalue weighted by atomic mass is 32.2.